The Morgan fingerprint density at radius 2 is 1.84 bits per heavy atom. The number of aromatic carboxylic acids is 1. The van der Waals surface area contributed by atoms with Gasteiger partial charge in [-0.15, -0.1) is 0 Å². The SMILES string of the molecule is CCc1ccc(CCc2ncn(C)c2C(=O)O)cc1. The molecular formula is C15H18N2O2. The van der Waals surface area contributed by atoms with Gasteiger partial charge in [-0.2, -0.15) is 0 Å². The Balaban J connectivity index is 2.08. The second kappa shape index (κ2) is 5.69. The molecule has 0 unspecified atom stereocenters. The third-order valence-electron chi connectivity index (χ3n) is 3.30. The number of hydrogen-bond acceptors (Lipinski definition) is 2. The van der Waals surface area contributed by atoms with Gasteiger partial charge < -0.3 is 9.67 Å². The van der Waals surface area contributed by atoms with Gasteiger partial charge >= 0.3 is 5.97 Å². The fourth-order valence-corrected chi connectivity index (χ4v) is 2.14. The average Bonchev–Trinajstić information content (AvgIpc) is 2.78. The van der Waals surface area contributed by atoms with Crippen molar-refractivity contribution in [1.29, 1.82) is 0 Å². The molecule has 1 aromatic heterocycles. The van der Waals surface area contributed by atoms with Crippen LogP contribution in [0.15, 0.2) is 30.6 Å². The van der Waals surface area contributed by atoms with Crippen LogP contribution in [0.3, 0.4) is 0 Å². The Morgan fingerprint density at radius 3 is 2.42 bits per heavy atom. The summed E-state index contributed by atoms with van der Waals surface area (Å²) in [5.41, 5.74) is 3.45. The topological polar surface area (TPSA) is 55.1 Å². The monoisotopic (exact) mass is 258 g/mol. The van der Waals surface area contributed by atoms with Crippen molar-refractivity contribution in [2.45, 2.75) is 26.2 Å². The zero-order valence-corrected chi connectivity index (χ0v) is 11.3. The van der Waals surface area contributed by atoms with E-state index in [1.165, 1.54) is 11.1 Å². The van der Waals surface area contributed by atoms with Crippen molar-refractivity contribution in [3.8, 4) is 0 Å². The average molecular weight is 258 g/mol. The fraction of sp³-hybridized carbons (Fsp3) is 0.333. The summed E-state index contributed by atoms with van der Waals surface area (Å²) in [7, 11) is 1.70. The van der Waals surface area contributed by atoms with Gasteiger partial charge in [-0.1, -0.05) is 31.2 Å². The normalized spacial score (nSPS) is 10.6. The number of nitrogens with zero attached hydrogens (tertiary/aromatic N) is 2. The number of carboxylic acid groups (broad SMARTS) is 1. The van der Waals surface area contributed by atoms with Gasteiger partial charge in [0.2, 0.25) is 0 Å². The number of benzene rings is 1. The van der Waals surface area contributed by atoms with Gasteiger partial charge in [-0.05, 0) is 30.4 Å². The van der Waals surface area contributed by atoms with E-state index in [4.69, 9.17) is 5.11 Å². The number of aryl methyl sites for hydroxylation is 4. The zero-order chi connectivity index (χ0) is 13.8. The summed E-state index contributed by atoms with van der Waals surface area (Å²) in [5.74, 6) is -0.920. The summed E-state index contributed by atoms with van der Waals surface area (Å²) in [5, 5.41) is 9.14. The van der Waals surface area contributed by atoms with Crippen molar-refractivity contribution >= 4 is 5.97 Å². The van der Waals surface area contributed by atoms with Gasteiger partial charge in [-0.3, -0.25) is 0 Å². The lowest BCUT2D eigenvalue weighted by Gasteiger charge is -2.03. The maximum Gasteiger partial charge on any atom is 0.354 e. The van der Waals surface area contributed by atoms with Gasteiger partial charge in [0.05, 0.1) is 12.0 Å². The molecule has 4 nitrogen and oxygen atoms in total. The minimum atomic E-state index is -0.920. The highest BCUT2D eigenvalue weighted by atomic mass is 16.4. The molecule has 4 heteroatoms. The molecule has 1 N–H and O–H groups in total. The van der Waals surface area contributed by atoms with Crippen LogP contribution in [0.25, 0.3) is 0 Å². The number of imidazole rings is 1. The molecule has 0 saturated heterocycles. The Hall–Kier alpha value is -2.10. The first kappa shape index (κ1) is 13.3. The van der Waals surface area contributed by atoms with Gasteiger partial charge in [0.15, 0.2) is 0 Å². The lowest BCUT2D eigenvalue weighted by Crippen LogP contribution is -2.08. The van der Waals surface area contributed by atoms with Gasteiger partial charge in [0.25, 0.3) is 0 Å². The van der Waals surface area contributed by atoms with E-state index in [2.05, 4.69) is 36.2 Å². The molecule has 2 aromatic rings. The minimum absolute atomic E-state index is 0.283. The first-order chi connectivity index (χ1) is 9.11. The standard InChI is InChI=1S/C15H18N2O2/c1-3-11-4-6-12(7-5-11)8-9-13-14(15(18)19)17(2)10-16-13/h4-7,10H,3,8-9H2,1-2H3,(H,18,19). The van der Waals surface area contributed by atoms with Crippen LogP contribution in [-0.2, 0) is 26.3 Å². The maximum absolute atomic E-state index is 11.1. The number of carboxylic acids is 1. The van der Waals surface area contributed by atoms with E-state index in [-0.39, 0.29) is 5.69 Å². The Labute approximate surface area is 112 Å². The van der Waals surface area contributed by atoms with Crippen molar-refractivity contribution in [3.63, 3.8) is 0 Å². The van der Waals surface area contributed by atoms with E-state index in [1.807, 2.05) is 0 Å². The van der Waals surface area contributed by atoms with E-state index >= 15 is 0 Å². The molecule has 1 aromatic carbocycles. The van der Waals surface area contributed by atoms with Gasteiger partial charge in [0.1, 0.15) is 5.69 Å². The summed E-state index contributed by atoms with van der Waals surface area (Å²) in [6.07, 6.45) is 4.04. The van der Waals surface area contributed by atoms with Crippen LogP contribution in [0.5, 0.6) is 0 Å². The molecule has 0 aliphatic carbocycles. The molecule has 0 saturated carbocycles. The molecule has 0 aliphatic rings. The summed E-state index contributed by atoms with van der Waals surface area (Å²) in [4.78, 5) is 15.3. The molecule has 0 radical (unpaired) electrons. The Morgan fingerprint density at radius 1 is 1.21 bits per heavy atom. The number of carbonyl (C=O) groups is 1. The highest BCUT2D eigenvalue weighted by Gasteiger charge is 2.15. The molecule has 0 aliphatic heterocycles. The van der Waals surface area contributed by atoms with Gasteiger partial charge in [-0.25, -0.2) is 9.78 Å². The number of hydrogen-bond donors (Lipinski definition) is 1. The molecule has 19 heavy (non-hydrogen) atoms. The zero-order valence-electron chi connectivity index (χ0n) is 11.3. The second-order valence-corrected chi connectivity index (χ2v) is 4.63. The fourth-order valence-electron chi connectivity index (χ4n) is 2.14. The minimum Gasteiger partial charge on any atom is -0.477 e. The van der Waals surface area contributed by atoms with Crippen molar-refractivity contribution in [2.75, 3.05) is 0 Å². The lowest BCUT2D eigenvalue weighted by molar-refractivity contribution is 0.0685. The molecule has 0 atom stereocenters. The van der Waals surface area contributed by atoms with E-state index in [0.29, 0.717) is 12.1 Å². The van der Waals surface area contributed by atoms with E-state index in [0.717, 1.165) is 12.8 Å². The molecular weight excluding hydrogens is 240 g/mol. The van der Waals surface area contributed by atoms with Crippen LogP contribution in [0.2, 0.25) is 0 Å². The lowest BCUT2D eigenvalue weighted by atomic mass is 10.0. The maximum atomic E-state index is 11.1. The molecule has 2 rings (SSSR count). The highest BCUT2D eigenvalue weighted by Crippen LogP contribution is 2.12. The van der Waals surface area contributed by atoms with Crippen LogP contribution in [0, 0.1) is 0 Å². The summed E-state index contributed by atoms with van der Waals surface area (Å²) < 4.78 is 1.55. The van der Waals surface area contributed by atoms with Gasteiger partial charge in [0, 0.05) is 7.05 Å². The van der Waals surface area contributed by atoms with Crippen LogP contribution in [0.1, 0.15) is 34.2 Å². The largest absolute Gasteiger partial charge is 0.477 e. The van der Waals surface area contributed by atoms with E-state index in [1.54, 1.807) is 17.9 Å². The predicted octanol–water partition coefficient (Wildman–Crippen LogP) is 2.47. The number of rotatable bonds is 5. The first-order valence-corrected chi connectivity index (χ1v) is 6.43. The summed E-state index contributed by atoms with van der Waals surface area (Å²) >= 11 is 0. The van der Waals surface area contributed by atoms with Crippen LogP contribution >= 0.6 is 0 Å². The second-order valence-electron chi connectivity index (χ2n) is 4.63. The molecule has 0 fully saturated rings. The third-order valence-corrected chi connectivity index (χ3v) is 3.30. The Kier molecular flexibility index (Phi) is 4.00. The van der Waals surface area contributed by atoms with E-state index in [9.17, 15) is 4.79 Å². The summed E-state index contributed by atoms with van der Waals surface area (Å²) in [6, 6.07) is 8.43. The van der Waals surface area contributed by atoms with Crippen molar-refractivity contribution in [2.24, 2.45) is 7.05 Å². The van der Waals surface area contributed by atoms with Crippen molar-refractivity contribution < 1.29 is 9.90 Å². The highest BCUT2D eigenvalue weighted by molar-refractivity contribution is 5.87. The quantitative estimate of drug-likeness (QED) is 0.896. The predicted molar refractivity (Wildman–Crippen MR) is 73.4 cm³/mol. The molecule has 100 valence electrons. The summed E-state index contributed by atoms with van der Waals surface area (Å²) in [6.45, 7) is 2.13. The third kappa shape index (κ3) is 3.02. The molecule has 1 heterocycles. The van der Waals surface area contributed by atoms with Crippen molar-refractivity contribution in [3.05, 3.63) is 53.1 Å². The molecule has 0 bridgehead atoms. The smallest absolute Gasteiger partial charge is 0.354 e. The van der Waals surface area contributed by atoms with Crippen LogP contribution in [0.4, 0.5) is 0 Å². The molecule has 0 spiro atoms. The Bertz CT molecular complexity index is 570. The first-order valence-electron chi connectivity index (χ1n) is 6.43. The number of aromatic nitrogens is 2. The van der Waals surface area contributed by atoms with Crippen LogP contribution < -0.4 is 0 Å². The molecule has 0 amide bonds. The van der Waals surface area contributed by atoms with Crippen molar-refractivity contribution in [1.82, 2.24) is 9.55 Å². The van der Waals surface area contributed by atoms with E-state index < -0.39 is 5.97 Å². The van der Waals surface area contributed by atoms with Crippen LogP contribution in [-0.4, -0.2) is 20.6 Å².